The van der Waals surface area contributed by atoms with Gasteiger partial charge in [0.25, 0.3) is 0 Å². The second-order valence-electron chi connectivity index (χ2n) is 17.1. The molecule has 0 radical (unpaired) electrons. The number of rotatable bonds is 15. The van der Waals surface area contributed by atoms with Crippen LogP contribution in [0.15, 0.2) is 0 Å². The largest absolute Gasteiger partial charge is 0.394 e. The van der Waals surface area contributed by atoms with Gasteiger partial charge in [0.15, 0.2) is 31.5 Å². The molecule has 6 aliphatic rings. The molecular formula is C37H64O29. The van der Waals surface area contributed by atoms with E-state index in [-0.39, 0.29) is 0 Å². The van der Waals surface area contributed by atoms with Crippen molar-refractivity contribution >= 4 is 0 Å². The zero-order chi connectivity index (χ0) is 48.6. The average molecular weight is 973 g/mol. The summed E-state index contributed by atoms with van der Waals surface area (Å²) >= 11 is 0. The molecule has 0 spiro atoms. The lowest BCUT2D eigenvalue weighted by molar-refractivity contribution is -0.411. The Hall–Kier alpha value is -1.16. The highest BCUT2D eigenvalue weighted by Crippen LogP contribution is 2.38. The maximum atomic E-state index is 11.7. The van der Waals surface area contributed by atoms with E-state index >= 15 is 0 Å². The van der Waals surface area contributed by atoms with Crippen molar-refractivity contribution in [3.63, 3.8) is 0 Å². The van der Waals surface area contributed by atoms with Gasteiger partial charge in [0, 0.05) is 0 Å². The van der Waals surface area contributed by atoms with E-state index in [1.54, 1.807) is 0 Å². The Bertz CT molecular complexity index is 1490. The molecular weight excluding hydrogens is 908 g/mol. The summed E-state index contributed by atoms with van der Waals surface area (Å²) in [5.74, 6) is 0. The predicted octanol–water partition coefficient (Wildman–Crippen LogP) is -12.0. The molecule has 6 saturated heterocycles. The second kappa shape index (κ2) is 22.9. The average Bonchev–Trinajstić information content (AvgIpc) is 3.30. The Labute approximate surface area is 374 Å². The maximum absolute atomic E-state index is 11.7. The van der Waals surface area contributed by atoms with Gasteiger partial charge in [0.2, 0.25) is 0 Å². The first-order chi connectivity index (χ1) is 31.2. The van der Waals surface area contributed by atoms with Gasteiger partial charge in [-0.15, -0.1) is 0 Å². The van der Waals surface area contributed by atoms with Crippen molar-refractivity contribution in [3.05, 3.63) is 0 Å². The Morgan fingerprint density at radius 1 is 0.258 bits per heavy atom. The van der Waals surface area contributed by atoms with Gasteiger partial charge in [-0.3, -0.25) is 0 Å². The van der Waals surface area contributed by atoms with Crippen molar-refractivity contribution in [1.82, 2.24) is 0 Å². The summed E-state index contributed by atoms with van der Waals surface area (Å²) in [5, 5.41) is 192. The van der Waals surface area contributed by atoms with Crippen LogP contribution in [-0.4, -0.2) is 309 Å². The van der Waals surface area contributed by atoms with E-state index in [2.05, 4.69) is 0 Å². The molecule has 0 saturated carbocycles. The second-order valence-corrected chi connectivity index (χ2v) is 17.1. The number of hydrogen-bond donors (Lipinski definition) is 18. The minimum atomic E-state index is -2.24. The number of aliphatic hydroxyl groups is 18. The van der Waals surface area contributed by atoms with Crippen molar-refractivity contribution in [3.8, 4) is 0 Å². The number of hydrogen-bond acceptors (Lipinski definition) is 29. The molecule has 6 aliphatic heterocycles. The summed E-state index contributed by atoms with van der Waals surface area (Å²) in [5.41, 5.74) is 0. The van der Waals surface area contributed by atoms with E-state index in [1.165, 1.54) is 13.8 Å². The fourth-order valence-electron chi connectivity index (χ4n) is 8.63. The van der Waals surface area contributed by atoms with Crippen LogP contribution in [0.2, 0.25) is 0 Å². The summed E-state index contributed by atoms with van der Waals surface area (Å²) in [7, 11) is 0. The monoisotopic (exact) mass is 972 g/mol. The highest BCUT2D eigenvalue weighted by Gasteiger charge is 2.58. The molecule has 6 heterocycles. The van der Waals surface area contributed by atoms with Gasteiger partial charge in [-0.25, -0.2) is 0 Å². The van der Waals surface area contributed by atoms with Gasteiger partial charge >= 0.3 is 0 Å². The molecule has 0 aromatic rings. The fourth-order valence-corrected chi connectivity index (χ4v) is 8.63. The third-order valence-corrected chi connectivity index (χ3v) is 12.7. The van der Waals surface area contributed by atoms with Gasteiger partial charge in [-0.2, -0.15) is 0 Å². The number of aliphatic hydroxyl groups excluding tert-OH is 18. The van der Waals surface area contributed by atoms with E-state index in [4.69, 9.17) is 52.1 Å². The van der Waals surface area contributed by atoms with Crippen molar-refractivity contribution in [1.29, 1.82) is 0 Å². The molecule has 0 aliphatic carbocycles. The molecule has 18 N–H and O–H groups in total. The normalized spacial score (nSPS) is 54.0. The van der Waals surface area contributed by atoms with E-state index in [0.717, 1.165) is 0 Å². The molecule has 0 aromatic carbocycles. The van der Waals surface area contributed by atoms with Crippen molar-refractivity contribution in [2.45, 2.75) is 198 Å². The minimum Gasteiger partial charge on any atom is -0.394 e. The maximum Gasteiger partial charge on any atom is 0.187 e. The fraction of sp³-hybridized carbons (Fsp3) is 1.00. The first-order valence-electron chi connectivity index (χ1n) is 21.3. The molecule has 0 amide bonds. The summed E-state index contributed by atoms with van der Waals surface area (Å²) < 4.78 is 63.1. The van der Waals surface area contributed by atoms with E-state index in [9.17, 15) is 91.9 Å². The standard InChI is InChI=1S/C37H64O29/c1-8-16(44)22(50)28(13(6-41)56-8)63-37-32(66-36-27(55)30(18(46)11(4-39)59-36)64-34-25(53)21(49)17(45)10(3-38)58-34)31(19(47)12(5-40)60-37)65-35-26(54)23(51)29(14(7-42)61-35)62-33-24(52)20(48)15(43)9(2)57-33/h8-55H,3-7H2,1-2H3. The van der Waals surface area contributed by atoms with Gasteiger partial charge in [0.1, 0.15) is 140 Å². The van der Waals surface area contributed by atoms with Crippen molar-refractivity contribution in [2.75, 3.05) is 33.0 Å². The van der Waals surface area contributed by atoms with Crippen LogP contribution in [0.1, 0.15) is 13.8 Å². The molecule has 6 fully saturated rings. The van der Waals surface area contributed by atoms with Gasteiger partial charge < -0.3 is 144 Å². The molecule has 6 rings (SSSR count). The third-order valence-electron chi connectivity index (χ3n) is 12.7. The van der Waals surface area contributed by atoms with Gasteiger partial charge in [-0.05, 0) is 13.8 Å². The van der Waals surface area contributed by atoms with Crippen LogP contribution in [-0.2, 0) is 52.1 Å². The van der Waals surface area contributed by atoms with E-state index < -0.39 is 217 Å². The van der Waals surface area contributed by atoms with Gasteiger partial charge in [-0.1, -0.05) is 0 Å². The summed E-state index contributed by atoms with van der Waals surface area (Å²) in [6, 6.07) is 0. The molecule has 29 nitrogen and oxygen atoms in total. The SMILES string of the molecule is CC1OC(OC2C(CO)OC(OC3C(O)C(CO)OC(OC4C(CO)OC(C)C(O)C4O)C3OC3OC(CO)C(O)C(OC4OC(CO)C(O)C(O)C4O)C3O)C(O)C2O)C(O)C(O)C1O. The zero-order valence-electron chi connectivity index (χ0n) is 35.4. The summed E-state index contributed by atoms with van der Waals surface area (Å²) in [4.78, 5) is 0. The molecule has 30 unspecified atom stereocenters. The van der Waals surface area contributed by atoms with Crippen LogP contribution in [0.5, 0.6) is 0 Å². The molecule has 29 heteroatoms. The Kier molecular flexibility index (Phi) is 18.8. The van der Waals surface area contributed by atoms with Gasteiger partial charge in [0.05, 0.1) is 45.2 Å². The van der Waals surface area contributed by atoms with Crippen LogP contribution in [0.25, 0.3) is 0 Å². The van der Waals surface area contributed by atoms with Crippen LogP contribution in [0.4, 0.5) is 0 Å². The molecule has 386 valence electrons. The Morgan fingerprint density at radius 2 is 0.576 bits per heavy atom. The van der Waals surface area contributed by atoms with Crippen molar-refractivity contribution in [2.24, 2.45) is 0 Å². The third kappa shape index (κ3) is 10.8. The summed E-state index contributed by atoms with van der Waals surface area (Å²) in [6.45, 7) is -2.03. The first-order valence-corrected chi connectivity index (χ1v) is 21.3. The van der Waals surface area contributed by atoms with Crippen molar-refractivity contribution < 1.29 is 144 Å². The van der Waals surface area contributed by atoms with Crippen LogP contribution in [0, 0.1) is 0 Å². The summed E-state index contributed by atoms with van der Waals surface area (Å²) in [6.07, 6.45) is -55.1. The highest BCUT2D eigenvalue weighted by atomic mass is 16.8. The topological polar surface area (TPSA) is 466 Å². The highest BCUT2D eigenvalue weighted by molar-refractivity contribution is 5.00. The predicted molar refractivity (Wildman–Crippen MR) is 201 cm³/mol. The van der Waals surface area contributed by atoms with E-state index in [0.29, 0.717) is 0 Å². The van der Waals surface area contributed by atoms with E-state index in [1.807, 2.05) is 0 Å². The Morgan fingerprint density at radius 3 is 1.12 bits per heavy atom. The lowest BCUT2D eigenvalue weighted by atomic mass is 9.94. The van der Waals surface area contributed by atoms with Crippen LogP contribution in [0.3, 0.4) is 0 Å². The quantitative estimate of drug-likeness (QED) is 0.0724. The zero-order valence-corrected chi connectivity index (χ0v) is 35.4. The molecule has 30 atom stereocenters. The minimum absolute atomic E-state index is 0.826. The lowest BCUT2D eigenvalue weighted by Crippen LogP contribution is -2.69. The number of ether oxygens (including phenoxy) is 11. The molecule has 66 heavy (non-hydrogen) atoms. The molecule has 0 aromatic heterocycles. The molecule has 0 bridgehead atoms. The Balaban J connectivity index is 1.32. The van der Waals surface area contributed by atoms with Crippen LogP contribution < -0.4 is 0 Å². The van der Waals surface area contributed by atoms with Crippen LogP contribution >= 0.6 is 0 Å². The first kappa shape index (κ1) is 54.2. The lowest BCUT2D eigenvalue weighted by Gasteiger charge is -2.51. The smallest absolute Gasteiger partial charge is 0.187 e.